The number of hydrogen-bond donors (Lipinski definition) is 3. The summed E-state index contributed by atoms with van der Waals surface area (Å²) >= 11 is 13.8. The van der Waals surface area contributed by atoms with E-state index in [9.17, 15) is 14.4 Å². The van der Waals surface area contributed by atoms with Crippen molar-refractivity contribution in [1.82, 2.24) is 5.32 Å². The Morgan fingerprint density at radius 2 is 1.50 bits per heavy atom. The van der Waals surface area contributed by atoms with Gasteiger partial charge in [-0.05, 0) is 72.7 Å². The van der Waals surface area contributed by atoms with Gasteiger partial charge in [-0.3, -0.25) is 14.4 Å². The molecule has 0 bridgehead atoms. The van der Waals surface area contributed by atoms with E-state index in [1.54, 1.807) is 84.9 Å². The van der Waals surface area contributed by atoms with Crippen molar-refractivity contribution in [2.75, 3.05) is 16.4 Å². The molecule has 0 atom stereocenters. The highest BCUT2D eigenvalue weighted by molar-refractivity contribution is 8.00. The van der Waals surface area contributed by atoms with E-state index in [4.69, 9.17) is 23.2 Å². The van der Waals surface area contributed by atoms with Crippen LogP contribution in [0.2, 0.25) is 10.0 Å². The Balaban J connectivity index is 1.45. The van der Waals surface area contributed by atoms with Gasteiger partial charge in [0.1, 0.15) is 5.70 Å². The van der Waals surface area contributed by atoms with Crippen molar-refractivity contribution in [2.24, 2.45) is 0 Å². The van der Waals surface area contributed by atoms with Crippen molar-refractivity contribution in [2.45, 2.75) is 11.8 Å². The number of anilines is 2. The molecule has 0 aliphatic rings. The molecular formula is C31H25Cl2N3O3S. The van der Waals surface area contributed by atoms with Crippen LogP contribution >= 0.6 is 35.0 Å². The van der Waals surface area contributed by atoms with Crippen molar-refractivity contribution in [1.29, 1.82) is 0 Å². The first-order chi connectivity index (χ1) is 19.3. The molecule has 0 spiro atoms. The molecule has 4 aromatic rings. The second kappa shape index (κ2) is 13.8. The van der Waals surface area contributed by atoms with Crippen LogP contribution in [0.15, 0.2) is 108 Å². The summed E-state index contributed by atoms with van der Waals surface area (Å²) < 4.78 is 0. The minimum Gasteiger partial charge on any atom is -0.325 e. The number of aryl methyl sites for hydroxylation is 1. The largest absolute Gasteiger partial charge is 0.325 e. The summed E-state index contributed by atoms with van der Waals surface area (Å²) in [5, 5.41) is 9.37. The molecule has 0 aromatic heterocycles. The van der Waals surface area contributed by atoms with Gasteiger partial charge in [-0.2, -0.15) is 0 Å². The number of halogens is 2. The van der Waals surface area contributed by atoms with E-state index in [-0.39, 0.29) is 17.4 Å². The van der Waals surface area contributed by atoms with Gasteiger partial charge in [-0.1, -0.05) is 71.7 Å². The van der Waals surface area contributed by atoms with E-state index >= 15 is 0 Å². The van der Waals surface area contributed by atoms with E-state index in [2.05, 4.69) is 16.0 Å². The predicted octanol–water partition coefficient (Wildman–Crippen LogP) is 7.44. The first-order valence-corrected chi connectivity index (χ1v) is 14.0. The van der Waals surface area contributed by atoms with Crippen LogP contribution in [0.5, 0.6) is 0 Å². The van der Waals surface area contributed by atoms with Crippen LogP contribution in [0.4, 0.5) is 11.4 Å². The van der Waals surface area contributed by atoms with Crippen molar-refractivity contribution >= 4 is 70.1 Å². The van der Waals surface area contributed by atoms with Crippen LogP contribution < -0.4 is 16.0 Å². The van der Waals surface area contributed by atoms with Crippen LogP contribution in [0.3, 0.4) is 0 Å². The number of rotatable bonds is 9. The van der Waals surface area contributed by atoms with E-state index in [1.807, 2.05) is 19.1 Å². The number of hydrogen-bond acceptors (Lipinski definition) is 4. The van der Waals surface area contributed by atoms with Gasteiger partial charge in [-0.15, -0.1) is 11.8 Å². The monoisotopic (exact) mass is 589 g/mol. The highest BCUT2D eigenvalue weighted by Crippen LogP contribution is 2.24. The predicted molar refractivity (Wildman–Crippen MR) is 164 cm³/mol. The smallest absolute Gasteiger partial charge is 0.272 e. The van der Waals surface area contributed by atoms with Crippen molar-refractivity contribution < 1.29 is 14.4 Å². The Labute approximate surface area is 246 Å². The number of amides is 3. The zero-order valence-electron chi connectivity index (χ0n) is 21.4. The standard InChI is InChI=1S/C31H25Cl2N3O3S/c1-20-14-15-24(18-27(20)33)34-29(37)19-40-25-12-7-11-23(17-25)35-31(39)28(16-22-10-5-6-13-26(22)32)36-30(38)21-8-3-2-4-9-21/h2-18H,19H2,1H3,(H,34,37)(H,35,39)(H,36,38)/b28-16+. The summed E-state index contributed by atoms with van der Waals surface area (Å²) in [5.41, 5.74) is 3.06. The van der Waals surface area contributed by atoms with E-state index in [0.29, 0.717) is 32.5 Å². The fourth-order valence-corrected chi connectivity index (χ4v) is 4.69. The lowest BCUT2D eigenvalue weighted by Gasteiger charge is -2.12. The highest BCUT2D eigenvalue weighted by atomic mass is 35.5. The third kappa shape index (κ3) is 8.23. The molecule has 3 amide bonds. The van der Waals surface area contributed by atoms with Crippen LogP contribution in [0.25, 0.3) is 6.08 Å². The summed E-state index contributed by atoms with van der Waals surface area (Å²) in [6.07, 6.45) is 1.53. The molecule has 0 aliphatic heterocycles. The maximum absolute atomic E-state index is 13.3. The highest BCUT2D eigenvalue weighted by Gasteiger charge is 2.16. The molecule has 3 N–H and O–H groups in total. The Morgan fingerprint density at radius 3 is 2.25 bits per heavy atom. The molecular weight excluding hydrogens is 565 g/mol. The fraction of sp³-hybridized carbons (Fsp3) is 0.0645. The molecule has 9 heteroatoms. The maximum Gasteiger partial charge on any atom is 0.272 e. The summed E-state index contributed by atoms with van der Waals surface area (Å²) in [4.78, 5) is 39.4. The molecule has 0 saturated carbocycles. The molecule has 4 aromatic carbocycles. The fourth-order valence-electron chi connectivity index (χ4n) is 3.57. The van der Waals surface area contributed by atoms with E-state index in [1.165, 1.54) is 17.8 Å². The van der Waals surface area contributed by atoms with Crippen LogP contribution in [0.1, 0.15) is 21.5 Å². The molecule has 6 nitrogen and oxygen atoms in total. The number of carbonyl (C=O) groups excluding carboxylic acids is 3. The van der Waals surface area contributed by atoms with Gasteiger partial charge >= 0.3 is 0 Å². The van der Waals surface area contributed by atoms with E-state index < -0.39 is 11.8 Å². The number of thioether (sulfide) groups is 1. The zero-order valence-corrected chi connectivity index (χ0v) is 23.7. The molecule has 0 saturated heterocycles. The van der Waals surface area contributed by atoms with Gasteiger partial charge in [-0.25, -0.2) is 0 Å². The summed E-state index contributed by atoms with van der Waals surface area (Å²) in [6.45, 7) is 1.89. The van der Waals surface area contributed by atoms with Gasteiger partial charge in [0.25, 0.3) is 11.8 Å². The lowest BCUT2D eigenvalue weighted by molar-refractivity contribution is -0.114. The summed E-state index contributed by atoms with van der Waals surface area (Å²) in [6, 6.07) is 28.1. The average molecular weight is 591 g/mol. The lowest BCUT2D eigenvalue weighted by Crippen LogP contribution is -2.30. The third-order valence-electron chi connectivity index (χ3n) is 5.65. The molecule has 202 valence electrons. The zero-order chi connectivity index (χ0) is 28.5. The minimum absolute atomic E-state index is 0.0242. The number of benzene rings is 4. The topological polar surface area (TPSA) is 87.3 Å². The van der Waals surface area contributed by atoms with Gasteiger partial charge in [0, 0.05) is 31.9 Å². The molecule has 4 rings (SSSR count). The average Bonchev–Trinajstić information content (AvgIpc) is 2.95. The van der Waals surface area contributed by atoms with E-state index in [0.717, 1.165) is 10.5 Å². The number of carbonyl (C=O) groups is 3. The van der Waals surface area contributed by atoms with Crippen molar-refractivity contribution in [3.8, 4) is 0 Å². The molecule has 0 heterocycles. The molecule has 0 fully saturated rings. The Hall–Kier alpha value is -4.04. The summed E-state index contributed by atoms with van der Waals surface area (Å²) in [7, 11) is 0. The minimum atomic E-state index is -0.527. The Morgan fingerprint density at radius 1 is 0.775 bits per heavy atom. The van der Waals surface area contributed by atoms with Crippen LogP contribution in [-0.2, 0) is 9.59 Å². The SMILES string of the molecule is Cc1ccc(NC(=O)CSc2cccc(NC(=O)/C(=C\c3ccccc3Cl)NC(=O)c3ccccc3)c2)cc1Cl. The van der Waals surface area contributed by atoms with Crippen LogP contribution in [-0.4, -0.2) is 23.5 Å². The van der Waals surface area contributed by atoms with Crippen molar-refractivity contribution in [3.63, 3.8) is 0 Å². The lowest BCUT2D eigenvalue weighted by atomic mass is 10.1. The van der Waals surface area contributed by atoms with Gasteiger partial charge in [0.2, 0.25) is 5.91 Å². The first kappa shape index (κ1) is 29.0. The van der Waals surface area contributed by atoms with Crippen molar-refractivity contribution in [3.05, 3.63) is 129 Å². The first-order valence-electron chi connectivity index (χ1n) is 12.2. The molecule has 0 aliphatic carbocycles. The quantitative estimate of drug-likeness (QED) is 0.140. The van der Waals surface area contributed by atoms with Crippen LogP contribution in [0, 0.1) is 6.92 Å². The second-order valence-electron chi connectivity index (χ2n) is 8.68. The molecule has 0 radical (unpaired) electrons. The molecule has 40 heavy (non-hydrogen) atoms. The normalized spacial score (nSPS) is 11.0. The van der Waals surface area contributed by atoms with Gasteiger partial charge in [0.15, 0.2) is 0 Å². The Bertz CT molecular complexity index is 1580. The summed E-state index contributed by atoms with van der Waals surface area (Å²) in [5.74, 6) is -0.985. The Kier molecular flexibility index (Phi) is 10.0. The van der Waals surface area contributed by atoms with Gasteiger partial charge in [0.05, 0.1) is 5.75 Å². The van der Waals surface area contributed by atoms with Gasteiger partial charge < -0.3 is 16.0 Å². The second-order valence-corrected chi connectivity index (χ2v) is 10.5. The molecule has 0 unspecified atom stereocenters. The maximum atomic E-state index is 13.3. The number of nitrogens with one attached hydrogen (secondary N) is 3. The third-order valence-corrected chi connectivity index (χ3v) is 7.40.